The van der Waals surface area contributed by atoms with Crippen LogP contribution in [0.1, 0.15) is 58.8 Å². The summed E-state index contributed by atoms with van der Waals surface area (Å²) in [6.07, 6.45) is 5.86. The number of hydrazine groups is 1. The van der Waals surface area contributed by atoms with Gasteiger partial charge in [-0.3, -0.25) is 10.2 Å². The zero-order valence-electron chi connectivity index (χ0n) is 28.6. The molecule has 16 heteroatoms. The van der Waals surface area contributed by atoms with Crippen molar-refractivity contribution in [3.05, 3.63) is 106 Å². The van der Waals surface area contributed by atoms with Gasteiger partial charge in [0.1, 0.15) is 11.5 Å². The molecule has 1 amide bonds. The number of aromatic nitrogens is 4. The van der Waals surface area contributed by atoms with Gasteiger partial charge >= 0.3 is 0 Å². The molecule has 274 valence electrons. The number of carbonyl (C=O) groups excluding carboxylic acids is 1. The third-order valence-corrected chi connectivity index (χ3v) is 8.78. The number of alkyl halides is 1. The number of benzene rings is 3. The second kappa shape index (κ2) is 18.8. The number of halogens is 4. The number of methoxy groups -OCH3 is 2. The summed E-state index contributed by atoms with van der Waals surface area (Å²) in [5.74, 6) is 9.57. The van der Waals surface area contributed by atoms with E-state index in [2.05, 4.69) is 25.6 Å². The lowest BCUT2D eigenvalue weighted by Gasteiger charge is -2.14. The number of unbranched alkanes of at least 4 members (excludes halogenated alkanes) is 1. The highest BCUT2D eigenvalue weighted by Gasteiger charge is 2.23. The van der Waals surface area contributed by atoms with E-state index in [1.807, 2.05) is 30.3 Å². The van der Waals surface area contributed by atoms with Gasteiger partial charge in [-0.25, -0.2) is 15.8 Å². The summed E-state index contributed by atoms with van der Waals surface area (Å²) in [4.78, 5) is 19.6. The number of nitrogen functional groups attached to an aromatic ring is 1. The van der Waals surface area contributed by atoms with Crippen LogP contribution in [-0.4, -0.2) is 46.2 Å². The van der Waals surface area contributed by atoms with Gasteiger partial charge in [-0.1, -0.05) is 35.7 Å². The van der Waals surface area contributed by atoms with Gasteiger partial charge < -0.3 is 22.7 Å². The molecule has 0 aliphatic rings. The van der Waals surface area contributed by atoms with Crippen LogP contribution in [0.15, 0.2) is 80.2 Å². The third kappa shape index (κ3) is 9.64. The maximum atomic E-state index is 11.4. The number of hydrogen-bond donors (Lipinski definition) is 2. The molecule has 0 aliphatic heterocycles. The zero-order chi connectivity index (χ0) is 36.5. The van der Waals surface area contributed by atoms with Gasteiger partial charge in [0.05, 0.1) is 53.7 Å². The normalized spacial score (nSPS) is 11.2. The van der Waals surface area contributed by atoms with E-state index >= 15 is 0 Å². The number of nitrogens with zero attached hydrogens (tertiary/aromatic N) is 4. The number of aryl methyl sites for hydroxylation is 2. The molecular formula is C36H36Cl4N6O6. The Bertz CT molecular complexity index is 2100. The molecule has 0 fully saturated rings. The standard InChI is InChI=1S/C24H22Cl3N3O3.C12H13N3O3.ClH/c1-14-28-13-22(32-14)18-8-6-16(12-21(18)31-2)23-29-30-24(33-23)17(5-3-4-10-25)15-7-9-19(26)20(27)11-15;1-7-14-6-11(18-7)9-4-3-8(12(16)15-13)5-10(9)17-2;/h6-9,11-13,17H,3-5,10H2,1-2H3;3-6H,13H2,1-2H3,(H,15,16);1H. The van der Waals surface area contributed by atoms with Crippen molar-refractivity contribution >= 4 is 53.1 Å². The van der Waals surface area contributed by atoms with Crippen LogP contribution in [0.3, 0.4) is 0 Å². The van der Waals surface area contributed by atoms with Crippen LogP contribution in [0.25, 0.3) is 34.1 Å². The second-order valence-electron chi connectivity index (χ2n) is 11.1. The molecule has 52 heavy (non-hydrogen) atoms. The Morgan fingerprint density at radius 3 is 2.02 bits per heavy atom. The first-order chi connectivity index (χ1) is 24.6. The molecule has 0 saturated heterocycles. The second-order valence-corrected chi connectivity index (χ2v) is 12.3. The number of carbonyl (C=O) groups is 1. The molecule has 0 bridgehead atoms. The van der Waals surface area contributed by atoms with Crippen LogP contribution in [-0.2, 0) is 0 Å². The fourth-order valence-electron chi connectivity index (χ4n) is 5.22. The van der Waals surface area contributed by atoms with Crippen molar-refractivity contribution in [3.8, 4) is 45.6 Å². The molecule has 3 aromatic carbocycles. The maximum Gasteiger partial charge on any atom is 0.265 e. The van der Waals surface area contributed by atoms with E-state index in [-0.39, 0.29) is 24.2 Å². The van der Waals surface area contributed by atoms with Gasteiger partial charge in [0.2, 0.25) is 11.8 Å². The minimum absolute atomic E-state index is 0. The van der Waals surface area contributed by atoms with Crippen LogP contribution >= 0.6 is 47.2 Å². The summed E-state index contributed by atoms with van der Waals surface area (Å²) in [7, 11) is 3.12. The minimum atomic E-state index is -0.381. The number of nitrogens with one attached hydrogen (secondary N) is 1. The molecule has 0 radical (unpaired) electrons. The van der Waals surface area contributed by atoms with Crippen LogP contribution in [0.2, 0.25) is 10.0 Å². The van der Waals surface area contributed by atoms with Crippen molar-refractivity contribution in [2.45, 2.75) is 39.0 Å². The molecule has 1 atom stereocenters. The lowest BCUT2D eigenvalue weighted by molar-refractivity contribution is 0.0953. The fraction of sp³-hybridized carbons (Fsp3) is 0.250. The minimum Gasteiger partial charge on any atom is -0.496 e. The van der Waals surface area contributed by atoms with Crippen molar-refractivity contribution in [1.29, 1.82) is 0 Å². The largest absolute Gasteiger partial charge is 0.496 e. The first kappa shape index (κ1) is 40.2. The van der Waals surface area contributed by atoms with Crippen molar-refractivity contribution in [1.82, 2.24) is 25.6 Å². The number of hydrogen-bond acceptors (Lipinski definition) is 11. The molecule has 3 N–H and O–H groups in total. The van der Waals surface area contributed by atoms with Crippen LogP contribution in [0.5, 0.6) is 11.5 Å². The molecule has 6 rings (SSSR count). The predicted octanol–water partition coefficient (Wildman–Crippen LogP) is 9.24. The number of oxazole rings is 2. The molecule has 0 spiro atoms. The number of amides is 1. The summed E-state index contributed by atoms with van der Waals surface area (Å²) in [6.45, 7) is 3.55. The smallest absolute Gasteiger partial charge is 0.265 e. The Hall–Kier alpha value is -4.59. The van der Waals surface area contributed by atoms with E-state index in [4.69, 9.17) is 63.4 Å². The highest BCUT2D eigenvalue weighted by atomic mass is 35.5. The van der Waals surface area contributed by atoms with Crippen molar-refractivity contribution in [2.75, 3.05) is 20.1 Å². The lowest BCUT2D eigenvalue weighted by Crippen LogP contribution is -2.29. The Morgan fingerprint density at radius 1 is 0.827 bits per heavy atom. The van der Waals surface area contributed by atoms with Gasteiger partial charge in [-0.2, -0.15) is 0 Å². The van der Waals surface area contributed by atoms with Gasteiger partial charge in [0, 0.05) is 30.9 Å². The van der Waals surface area contributed by atoms with Gasteiger partial charge in [0.25, 0.3) is 5.91 Å². The molecule has 1 unspecified atom stereocenters. The van der Waals surface area contributed by atoms with E-state index in [0.717, 1.165) is 41.5 Å². The summed E-state index contributed by atoms with van der Waals surface area (Å²) in [5.41, 5.74) is 5.69. The maximum absolute atomic E-state index is 11.4. The van der Waals surface area contributed by atoms with Gasteiger partial charge in [-0.05, 0) is 66.9 Å². The predicted molar refractivity (Wildman–Crippen MR) is 202 cm³/mol. The van der Waals surface area contributed by atoms with Crippen molar-refractivity contribution in [2.24, 2.45) is 5.84 Å². The Labute approximate surface area is 321 Å². The molecule has 0 aliphatic carbocycles. The fourth-order valence-corrected chi connectivity index (χ4v) is 5.71. The molecule has 12 nitrogen and oxygen atoms in total. The van der Waals surface area contributed by atoms with Crippen molar-refractivity contribution in [3.63, 3.8) is 0 Å². The summed E-state index contributed by atoms with van der Waals surface area (Å²) in [6, 6.07) is 16.1. The zero-order valence-corrected chi connectivity index (χ0v) is 31.7. The van der Waals surface area contributed by atoms with E-state index in [1.54, 1.807) is 57.6 Å². The number of nitrogens with two attached hydrogens (primary N) is 1. The van der Waals surface area contributed by atoms with E-state index < -0.39 is 0 Å². The Balaban J connectivity index is 0.000000270. The first-order valence-electron chi connectivity index (χ1n) is 15.7. The molecule has 6 aromatic rings. The highest BCUT2D eigenvalue weighted by molar-refractivity contribution is 6.42. The molecular weight excluding hydrogens is 754 g/mol. The van der Waals surface area contributed by atoms with E-state index in [1.165, 1.54) is 7.11 Å². The quantitative estimate of drug-likeness (QED) is 0.0399. The summed E-state index contributed by atoms with van der Waals surface area (Å²) in [5, 5.41) is 9.62. The third-order valence-electron chi connectivity index (χ3n) is 7.78. The van der Waals surface area contributed by atoms with E-state index in [9.17, 15) is 4.79 Å². The van der Waals surface area contributed by atoms with Gasteiger partial charge in [-0.15, -0.1) is 34.2 Å². The topological polar surface area (TPSA) is 165 Å². The molecule has 0 saturated carbocycles. The lowest BCUT2D eigenvalue weighted by atomic mass is 9.93. The summed E-state index contributed by atoms with van der Waals surface area (Å²) < 4.78 is 28.0. The Morgan fingerprint density at radius 2 is 1.46 bits per heavy atom. The summed E-state index contributed by atoms with van der Waals surface area (Å²) >= 11 is 18.2. The number of ether oxygens (including phenoxy) is 2. The van der Waals surface area contributed by atoms with Crippen LogP contribution in [0, 0.1) is 13.8 Å². The molecule has 3 aromatic heterocycles. The van der Waals surface area contributed by atoms with Crippen molar-refractivity contribution < 1.29 is 27.5 Å². The SMILES string of the molecule is COc1cc(-c2nnc(C(CCCCCl)c3ccc(Cl)c(Cl)c3)o2)ccc1-c1cnc(C)o1.COc1cc(C(=O)NN)ccc1-c1cnc(C)o1.Cl. The average Bonchev–Trinajstić information content (AvgIpc) is 3.92. The van der Waals surface area contributed by atoms with Crippen LogP contribution in [0.4, 0.5) is 0 Å². The highest BCUT2D eigenvalue weighted by Crippen LogP contribution is 2.37. The first-order valence-corrected chi connectivity index (χ1v) is 17.0. The monoisotopic (exact) mass is 788 g/mol. The van der Waals surface area contributed by atoms with Gasteiger partial charge in [0.15, 0.2) is 23.3 Å². The average molecular weight is 791 g/mol. The number of rotatable bonds is 12. The van der Waals surface area contributed by atoms with Crippen LogP contribution < -0.4 is 20.7 Å². The molecule has 3 heterocycles. The Kier molecular flexibility index (Phi) is 14.5. The van der Waals surface area contributed by atoms with E-state index in [0.29, 0.717) is 68.1 Å².